The summed E-state index contributed by atoms with van der Waals surface area (Å²) >= 11 is 0. The largest absolute Gasteiger partial charge is 0.281 e. The Labute approximate surface area is 136 Å². The van der Waals surface area contributed by atoms with Crippen LogP contribution in [0.5, 0.6) is 0 Å². The summed E-state index contributed by atoms with van der Waals surface area (Å²) < 4.78 is 0. The highest BCUT2D eigenvalue weighted by Gasteiger charge is 2.66. The lowest BCUT2D eigenvalue weighted by Gasteiger charge is -2.52. The van der Waals surface area contributed by atoms with Gasteiger partial charge in [-0.15, -0.1) is 0 Å². The van der Waals surface area contributed by atoms with Gasteiger partial charge in [-0.2, -0.15) is 0 Å². The van der Waals surface area contributed by atoms with Crippen molar-refractivity contribution < 1.29 is 0 Å². The molecule has 0 spiro atoms. The van der Waals surface area contributed by atoms with E-state index in [4.69, 9.17) is 6.57 Å². The minimum absolute atomic E-state index is 0.00627. The SMILES string of the molecule is C#[N+]C1(C)CCC2C(C)CC3(C=CC(=C)C)C(C)CCC1C23. The van der Waals surface area contributed by atoms with Gasteiger partial charge in [-0.25, -0.2) is 0 Å². The molecule has 3 rings (SSSR count). The number of nitrogens with zero attached hydrogens (tertiary/aromatic N) is 1. The highest BCUT2D eigenvalue weighted by Crippen LogP contribution is 2.67. The number of allylic oxidation sites excluding steroid dienone is 3. The topological polar surface area (TPSA) is 4.36 Å². The van der Waals surface area contributed by atoms with E-state index in [0.29, 0.717) is 11.3 Å². The van der Waals surface area contributed by atoms with Crippen LogP contribution in [0.25, 0.3) is 4.85 Å². The van der Waals surface area contributed by atoms with Gasteiger partial charge in [0, 0.05) is 19.3 Å². The van der Waals surface area contributed by atoms with Crippen molar-refractivity contribution in [2.24, 2.45) is 35.0 Å². The van der Waals surface area contributed by atoms with Crippen molar-refractivity contribution in [3.05, 3.63) is 29.1 Å². The van der Waals surface area contributed by atoms with E-state index in [9.17, 15) is 0 Å². The fourth-order valence-corrected chi connectivity index (χ4v) is 6.29. The zero-order valence-electron chi connectivity index (χ0n) is 14.8. The second-order valence-electron chi connectivity index (χ2n) is 8.77. The van der Waals surface area contributed by atoms with Crippen molar-refractivity contribution in [2.75, 3.05) is 0 Å². The van der Waals surface area contributed by atoms with Crippen LogP contribution in [-0.4, -0.2) is 5.54 Å². The van der Waals surface area contributed by atoms with E-state index in [1.165, 1.54) is 37.7 Å². The van der Waals surface area contributed by atoms with Crippen LogP contribution >= 0.6 is 0 Å². The molecule has 0 heterocycles. The predicted molar refractivity (Wildman–Crippen MR) is 95.0 cm³/mol. The molecule has 0 aromatic carbocycles. The van der Waals surface area contributed by atoms with Crippen LogP contribution in [0.4, 0.5) is 0 Å². The summed E-state index contributed by atoms with van der Waals surface area (Å²) in [6.07, 6.45) is 11.2. The standard InChI is InChI=1S/C21H32N/c1-14(2)9-12-21-13-15(3)17-10-11-20(5,22-6)18(19(17)21)8-7-16(21)4/h6,9,12,15-19H,1,7-8,10-11,13H2,2-5H3/q+1. The van der Waals surface area contributed by atoms with E-state index >= 15 is 0 Å². The molecule has 3 aliphatic rings. The maximum Gasteiger partial charge on any atom is 0.281 e. The molecule has 7 atom stereocenters. The van der Waals surface area contributed by atoms with Gasteiger partial charge < -0.3 is 0 Å². The molecule has 120 valence electrons. The minimum atomic E-state index is -0.00627. The van der Waals surface area contributed by atoms with Crippen molar-refractivity contribution >= 4 is 0 Å². The summed E-state index contributed by atoms with van der Waals surface area (Å²) in [6.45, 7) is 19.3. The first-order chi connectivity index (χ1) is 10.3. The molecule has 0 N–H and O–H groups in total. The zero-order chi connectivity index (χ0) is 16.1. The van der Waals surface area contributed by atoms with Gasteiger partial charge in [-0.1, -0.05) is 43.0 Å². The second-order valence-corrected chi connectivity index (χ2v) is 8.77. The molecular formula is C21H32N+. The minimum Gasteiger partial charge on any atom is -0.0961 e. The molecule has 0 aromatic rings. The lowest BCUT2D eigenvalue weighted by atomic mass is 9.50. The third kappa shape index (κ3) is 2.10. The molecule has 0 saturated heterocycles. The molecule has 3 saturated carbocycles. The molecule has 1 heteroatoms. The summed E-state index contributed by atoms with van der Waals surface area (Å²) in [5.41, 5.74) is 1.51. The molecule has 7 unspecified atom stereocenters. The van der Waals surface area contributed by atoms with Gasteiger partial charge in [0.1, 0.15) is 0 Å². The molecule has 1 nitrogen and oxygen atoms in total. The number of hydrogen-bond donors (Lipinski definition) is 0. The van der Waals surface area contributed by atoms with Crippen LogP contribution < -0.4 is 0 Å². The Morgan fingerprint density at radius 2 is 2.00 bits per heavy atom. The summed E-state index contributed by atoms with van der Waals surface area (Å²) in [5.74, 6) is 3.86. The monoisotopic (exact) mass is 298 g/mol. The predicted octanol–water partition coefficient (Wildman–Crippen LogP) is 5.94. The van der Waals surface area contributed by atoms with Gasteiger partial charge in [-0.05, 0) is 61.7 Å². The molecule has 22 heavy (non-hydrogen) atoms. The second kappa shape index (κ2) is 5.26. The quantitative estimate of drug-likeness (QED) is 0.556. The molecule has 0 aromatic heterocycles. The Morgan fingerprint density at radius 3 is 2.64 bits per heavy atom. The van der Waals surface area contributed by atoms with Crippen LogP contribution in [0.2, 0.25) is 0 Å². The Hall–Kier alpha value is -1.03. The third-order valence-corrected chi connectivity index (χ3v) is 7.51. The van der Waals surface area contributed by atoms with Crippen LogP contribution in [0.1, 0.15) is 59.8 Å². The van der Waals surface area contributed by atoms with Crippen LogP contribution in [0, 0.1) is 41.6 Å². The zero-order valence-corrected chi connectivity index (χ0v) is 14.8. The van der Waals surface area contributed by atoms with Crippen LogP contribution in [-0.2, 0) is 0 Å². The lowest BCUT2D eigenvalue weighted by molar-refractivity contribution is -0.0200. The van der Waals surface area contributed by atoms with Crippen molar-refractivity contribution in [1.29, 1.82) is 0 Å². The van der Waals surface area contributed by atoms with Gasteiger partial charge in [0.25, 0.3) is 12.1 Å². The Balaban J connectivity index is 2.07. The van der Waals surface area contributed by atoms with Gasteiger partial charge in [-0.3, -0.25) is 0 Å². The molecule has 3 fully saturated rings. The van der Waals surface area contributed by atoms with Crippen molar-refractivity contribution in [2.45, 2.75) is 65.3 Å². The normalized spacial score (nSPS) is 50.6. The fourth-order valence-electron chi connectivity index (χ4n) is 6.29. The van der Waals surface area contributed by atoms with Gasteiger partial charge in [0.2, 0.25) is 0 Å². The highest BCUT2D eigenvalue weighted by atomic mass is 14.8. The summed E-state index contributed by atoms with van der Waals surface area (Å²) in [4.78, 5) is 4.40. The first-order valence-electron chi connectivity index (χ1n) is 9.11. The average molecular weight is 298 g/mol. The molecular weight excluding hydrogens is 266 g/mol. The van der Waals surface area contributed by atoms with E-state index in [1.54, 1.807) is 0 Å². The smallest absolute Gasteiger partial charge is 0.0961 e. The summed E-state index contributed by atoms with van der Waals surface area (Å²) in [6, 6.07) is 0. The van der Waals surface area contributed by atoms with E-state index < -0.39 is 0 Å². The van der Waals surface area contributed by atoms with Gasteiger partial charge in [0.15, 0.2) is 0 Å². The maximum atomic E-state index is 5.88. The molecule has 0 amide bonds. The van der Waals surface area contributed by atoms with E-state index in [0.717, 1.165) is 23.7 Å². The van der Waals surface area contributed by atoms with Gasteiger partial charge >= 0.3 is 0 Å². The number of rotatable bonds is 2. The van der Waals surface area contributed by atoms with E-state index in [1.807, 2.05) is 0 Å². The maximum absolute atomic E-state index is 5.88. The molecule has 3 aliphatic carbocycles. The summed E-state index contributed by atoms with van der Waals surface area (Å²) in [5, 5.41) is 0. The first-order valence-corrected chi connectivity index (χ1v) is 9.11. The van der Waals surface area contributed by atoms with Crippen molar-refractivity contribution in [1.82, 2.24) is 0 Å². The van der Waals surface area contributed by atoms with E-state index in [2.05, 4.69) is 51.3 Å². The number of hydrogen-bond acceptors (Lipinski definition) is 0. The molecule has 0 aliphatic heterocycles. The molecule has 0 bridgehead atoms. The van der Waals surface area contributed by atoms with Crippen LogP contribution in [0.15, 0.2) is 24.3 Å². The summed E-state index contributed by atoms with van der Waals surface area (Å²) in [7, 11) is 0. The Bertz CT molecular complexity index is 539. The third-order valence-electron chi connectivity index (χ3n) is 7.51. The van der Waals surface area contributed by atoms with E-state index in [-0.39, 0.29) is 5.54 Å². The average Bonchev–Trinajstić information content (AvgIpc) is 2.78. The van der Waals surface area contributed by atoms with Gasteiger partial charge in [0.05, 0.1) is 0 Å². The Kier molecular flexibility index (Phi) is 3.79. The lowest BCUT2D eigenvalue weighted by Crippen LogP contribution is -2.52. The first kappa shape index (κ1) is 15.9. The molecule has 0 radical (unpaired) electrons. The van der Waals surface area contributed by atoms with Crippen molar-refractivity contribution in [3.8, 4) is 6.57 Å². The Morgan fingerprint density at radius 1 is 1.27 bits per heavy atom. The highest BCUT2D eigenvalue weighted by molar-refractivity contribution is 5.25. The fraction of sp³-hybridized carbons (Fsp3) is 0.762. The van der Waals surface area contributed by atoms with Crippen molar-refractivity contribution in [3.63, 3.8) is 0 Å². The van der Waals surface area contributed by atoms with Crippen LogP contribution in [0.3, 0.4) is 0 Å².